The maximum Gasteiger partial charge on any atom is 0.122 e. The fraction of sp³-hybridized carbons (Fsp3) is 0.294. The zero-order valence-electron chi connectivity index (χ0n) is 12.0. The lowest BCUT2D eigenvalue weighted by Crippen LogP contribution is -2.19. The van der Waals surface area contributed by atoms with Gasteiger partial charge in [-0.3, -0.25) is 0 Å². The Morgan fingerprint density at radius 1 is 1.14 bits per heavy atom. The van der Waals surface area contributed by atoms with Gasteiger partial charge in [0.15, 0.2) is 0 Å². The van der Waals surface area contributed by atoms with E-state index in [2.05, 4.69) is 28.1 Å². The van der Waals surface area contributed by atoms with E-state index in [4.69, 9.17) is 22.1 Å². The van der Waals surface area contributed by atoms with Crippen molar-refractivity contribution in [3.8, 4) is 5.75 Å². The molecule has 0 aliphatic carbocycles. The van der Waals surface area contributed by atoms with Crippen molar-refractivity contribution in [1.82, 2.24) is 0 Å². The summed E-state index contributed by atoms with van der Waals surface area (Å²) >= 11 is 9.72. The molecule has 0 aliphatic heterocycles. The van der Waals surface area contributed by atoms with E-state index in [0.29, 0.717) is 12.5 Å². The van der Waals surface area contributed by atoms with Gasteiger partial charge in [-0.05, 0) is 54.6 Å². The number of methoxy groups -OCH3 is 1. The fourth-order valence-electron chi connectivity index (χ4n) is 2.42. The molecule has 0 heterocycles. The van der Waals surface area contributed by atoms with Crippen molar-refractivity contribution in [2.45, 2.75) is 12.8 Å². The average molecular weight is 369 g/mol. The van der Waals surface area contributed by atoms with E-state index in [1.54, 1.807) is 7.11 Å². The molecule has 0 aliphatic rings. The lowest BCUT2D eigenvalue weighted by atomic mass is 9.92. The summed E-state index contributed by atoms with van der Waals surface area (Å²) in [5, 5.41) is 0.780. The third-order valence-corrected chi connectivity index (χ3v) is 4.40. The van der Waals surface area contributed by atoms with Crippen LogP contribution in [0.4, 0.5) is 0 Å². The molecule has 0 radical (unpaired) electrons. The van der Waals surface area contributed by atoms with Crippen LogP contribution in [0.2, 0.25) is 5.02 Å². The quantitative estimate of drug-likeness (QED) is 0.816. The summed E-state index contributed by atoms with van der Waals surface area (Å²) in [6.07, 6.45) is 1.74. The first kappa shape index (κ1) is 16.3. The smallest absolute Gasteiger partial charge is 0.122 e. The second-order valence-corrected chi connectivity index (χ2v) is 6.38. The predicted molar refractivity (Wildman–Crippen MR) is 92.1 cm³/mol. The number of hydrogen-bond donors (Lipinski definition) is 1. The van der Waals surface area contributed by atoms with E-state index in [1.165, 1.54) is 5.56 Å². The van der Waals surface area contributed by atoms with Gasteiger partial charge in [0.1, 0.15) is 5.75 Å². The second-order valence-electron chi connectivity index (χ2n) is 5.06. The van der Waals surface area contributed by atoms with Crippen LogP contribution in [0.3, 0.4) is 0 Å². The number of nitrogens with two attached hydrogens (primary N) is 1. The van der Waals surface area contributed by atoms with Crippen LogP contribution in [0.15, 0.2) is 46.9 Å². The van der Waals surface area contributed by atoms with Crippen LogP contribution < -0.4 is 10.5 Å². The van der Waals surface area contributed by atoms with Crippen LogP contribution in [0.1, 0.15) is 11.1 Å². The molecule has 2 rings (SSSR count). The zero-order chi connectivity index (χ0) is 15.2. The van der Waals surface area contributed by atoms with Gasteiger partial charge in [-0.1, -0.05) is 51.8 Å². The number of benzene rings is 2. The molecule has 0 spiro atoms. The van der Waals surface area contributed by atoms with E-state index in [0.717, 1.165) is 33.6 Å². The highest BCUT2D eigenvalue weighted by atomic mass is 79.9. The molecule has 0 fully saturated rings. The minimum absolute atomic E-state index is 0.333. The maximum atomic E-state index is 6.30. The summed E-state index contributed by atoms with van der Waals surface area (Å²) in [4.78, 5) is 0. The van der Waals surface area contributed by atoms with Crippen molar-refractivity contribution in [3.05, 3.63) is 63.1 Å². The van der Waals surface area contributed by atoms with Crippen molar-refractivity contribution in [3.63, 3.8) is 0 Å². The number of halogens is 2. The summed E-state index contributed by atoms with van der Waals surface area (Å²) in [6.45, 7) is 0.616. The number of para-hydroxylation sites is 1. The van der Waals surface area contributed by atoms with E-state index < -0.39 is 0 Å². The van der Waals surface area contributed by atoms with Crippen LogP contribution in [0, 0.1) is 5.92 Å². The van der Waals surface area contributed by atoms with Gasteiger partial charge >= 0.3 is 0 Å². The highest BCUT2D eigenvalue weighted by Crippen LogP contribution is 2.26. The molecular weight excluding hydrogens is 350 g/mol. The van der Waals surface area contributed by atoms with Gasteiger partial charge < -0.3 is 10.5 Å². The topological polar surface area (TPSA) is 35.2 Å². The van der Waals surface area contributed by atoms with Crippen molar-refractivity contribution in [2.75, 3.05) is 13.7 Å². The standard InChI is InChI=1S/C17H19BrClNO/c1-21-17-5-3-2-4-14(17)9-12(11-20)8-13-6-7-15(18)10-16(13)19/h2-7,10,12H,8-9,11,20H2,1H3. The largest absolute Gasteiger partial charge is 0.496 e. The first-order valence-electron chi connectivity index (χ1n) is 6.90. The minimum Gasteiger partial charge on any atom is -0.496 e. The average Bonchev–Trinajstić information content (AvgIpc) is 2.49. The molecule has 112 valence electrons. The molecule has 1 unspecified atom stereocenters. The number of ether oxygens (including phenoxy) is 1. The monoisotopic (exact) mass is 367 g/mol. The summed E-state index contributed by atoms with van der Waals surface area (Å²) in [7, 11) is 1.70. The summed E-state index contributed by atoms with van der Waals surface area (Å²) in [5.41, 5.74) is 8.26. The first-order valence-corrected chi connectivity index (χ1v) is 8.07. The number of rotatable bonds is 6. The van der Waals surface area contributed by atoms with E-state index in [9.17, 15) is 0 Å². The van der Waals surface area contributed by atoms with Crippen molar-refractivity contribution in [2.24, 2.45) is 11.7 Å². The van der Waals surface area contributed by atoms with Crippen molar-refractivity contribution >= 4 is 27.5 Å². The molecular formula is C17H19BrClNO. The molecule has 0 saturated carbocycles. The van der Waals surface area contributed by atoms with Gasteiger partial charge in [-0.15, -0.1) is 0 Å². The molecule has 0 aromatic heterocycles. The molecule has 2 N–H and O–H groups in total. The Hall–Kier alpha value is -1.03. The molecule has 4 heteroatoms. The van der Waals surface area contributed by atoms with Crippen LogP contribution in [0.5, 0.6) is 5.75 Å². The Kier molecular flexibility index (Phi) is 6.09. The summed E-state index contributed by atoms with van der Waals surface area (Å²) in [6, 6.07) is 14.1. The Labute approximate surface area is 139 Å². The van der Waals surface area contributed by atoms with E-state index >= 15 is 0 Å². The van der Waals surface area contributed by atoms with Crippen LogP contribution in [0.25, 0.3) is 0 Å². The van der Waals surface area contributed by atoms with Crippen molar-refractivity contribution in [1.29, 1.82) is 0 Å². The SMILES string of the molecule is COc1ccccc1CC(CN)Cc1ccc(Br)cc1Cl. The lowest BCUT2D eigenvalue weighted by molar-refractivity contribution is 0.404. The van der Waals surface area contributed by atoms with Crippen LogP contribution >= 0.6 is 27.5 Å². The van der Waals surface area contributed by atoms with Crippen molar-refractivity contribution < 1.29 is 4.74 Å². The maximum absolute atomic E-state index is 6.30. The van der Waals surface area contributed by atoms with Crippen LogP contribution in [-0.4, -0.2) is 13.7 Å². The van der Waals surface area contributed by atoms with Gasteiger partial charge in [0.05, 0.1) is 7.11 Å². The van der Waals surface area contributed by atoms with Gasteiger partial charge in [0.2, 0.25) is 0 Å². The molecule has 21 heavy (non-hydrogen) atoms. The first-order chi connectivity index (χ1) is 10.1. The van der Waals surface area contributed by atoms with Gasteiger partial charge in [-0.2, -0.15) is 0 Å². The van der Waals surface area contributed by atoms with Gasteiger partial charge in [0, 0.05) is 9.50 Å². The Morgan fingerprint density at radius 2 is 1.86 bits per heavy atom. The van der Waals surface area contributed by atoms with Gasteiger partial charge in [0.25, 0.3) is 0 Å². The number of hydrogen-bond acceptors (Lipinski definition) is 2. The summed E-state index contributed by atoms with van der Waals surface area (Å²) in [5.74, 6) is 1.25. The zero-order valence-corrected chi connectivity index (χ0v) is 14.3. The lowest BCUT2D eigenvalue weighted by Gasteiger charge is -2.17. The Balaban J connectivity index is 2.13. The molecule has 2 aromatic rings. The molecule has 2 aromatic carbocycles. The Morgan fingerprint density at radius 3 is 2.52 bits per heavy atom. The Bertz CT molecular complexity index is 603. The van der Waals surface area contributed by atoms with E-state index in [-0.39, 0.29) is 0 Å². The van der Waals surface area contributed by atoms with E-state index in [1.807, 2.05) is 30.3 Å². The molecule has 0 saturated heterocycles. The third kappa shape index (κ3) is 4.47. The third-order valence-electron chi connectivity index (χ3n) is 3.56. The molecule has 1 atom stereocenters. The molecule has 0 amide bonds. The minimum atomic E-state index is 0.333. The summed E-state index contributed by atoms with van der Waals surface area (Å²) < 4.78 is 6.40. The van der Waals surface area contributed by atoms with Gasteiger partial charge in [-0.25, -0.2) is 0 Å². The highest BCUT2D eigenvalue weighted by Gasteiger charge is 2.13. The molecule has 2 nitrogen and oxygen atoms in total. The molecule has 0 bridgehead atoms. The highest BCUT2D eigenvalue weighted by molar-refractivity contribution is 9.10. The fourth-order valence-corrected chi connectivity index (χ4v) is 3.17. The normalized spacial score (nSPS) is 12.2. The second kappa shape index (κ2) is 7.83. The predicted octanol–water partition coefficient (Wildman–Crippen LogP) is 4.47. The van der Waals surface area contributed by atoms with Crippen LogP contribution in [-0.2, 0) is 12.8 Å².